The highest BCUT2D eigenvalue weighted by atomic mass is 32.2. The molecule has 9 heteroatoms. The summed E-state index contributed by atoms with van der Waals surface area (Å²) in [5.74, 6) is 0.0180. The molecule has 0 atom stereocenters. The number of nitrogens with zero attached hydrogens (tertiary/aromatic N) is 3. The number of hydrogen-bond donors (Lipinski definition) is 2. The smallest absolute Gasteiger partial charge is 0.234 e. The second-order valence-electron chi connectivity index (χ2n) is 6.14. The molecule has 1 amide bonds. The molecule has 4 rings (SSSR count). The van der Waals surface area contributed by atoms with Crippen LogP contribution in [0.15, 0.2) is 58.1 Å². The first kappa shape index (κ1) is 19.4. The van der Waals surface area contributed by atoms with Gasteiger partial charge in [0.2, 0.25) is 16.8 Å². The summed E-state index contributed by atoms with van der Waals surface area (Å²) in [6.45, 7) is 0. The van der Waals surface area contributed by atoms with E-state index in [-0.39, 0.29) is 23.2 Å². The van der Waals surface area contributed by atoms with Crippen molar-refractivity contribution >= 4 is 46.5 Å². The number of aromatic nitrogens is 3. The highest BCUT2D eigenvalue weighted by Crippen LogP contribution is 2.30. The van der Waals surface area contributed by atoms with Crippen molar-refractivity contribution in [3.05, 3.63) is 71.5 Å². The molecule has 0 aliphatic carbocycles. The van der Waals surface area contributed by atoms with Gasteiger partial charge < -0.3 is 9.73 Å². The summed E-state index contributed by atoms with van der Waals surface area (Å²) >= 11 is 1.15. The van der Waals surface area contributed by atoms with E-state index < -0.39 is 0 Å². The lowest BCUT2D eigenvalue weighted by atomic mass is 10.2. The van der Waals surface area contributed by atoms with E-state index in [1.807, 2.05) is 6.07 Å². The van der Waals surface area contributed by atoms with E-state index in [1.165, 1.54) is 12.1 Å². The van der Waals surface area contributed by atoms with Crippen LogP contribution in [-0.4, -0.2) is 26.8 Å². The number of halogens is 1. The summed E-state index contributed by atoms with van der Waals surface area (Å²) in [6, 6.07) is 15.1. The van der Waals surface area contributed by atoms with Crippen LogP contribution in [0.4, 0.5) is 10.1 Å². The molecule has 148 valence electrons. The molecule has 0 spiro atoms. The molecule has 0 aliphatic rings. The highest BCUT2D eigenvalue weighted by molar-refractivity contribution is 7.99. The second-order valence-corrected chi connectivity index (χ2v) is 7.08. The number of anilines is 1. The van der Waals surface area contributed by atoms with Crippen LogP contribution in [0, 0.1) is 17.1 Å². The number of furan rings is 1. The van der Waals surface area contributed by atoms with E-state index in [2.05, 4.69) is 20.5 Å². The number of nitrogens with one attached hydrogen (secondary N) is 2. The number of rotatable bonds is 6. The minimum atomic E-state index is -0.309. The van der Waals surface area contributed by atoms with Crippen LogP contribution in [0.3, 0.4) is 0 Å². The molecule has 0 saturated heterocycles. The first-order valence-corrected chi connectivity index (χ1v) is 9.81. The van der Waals surface area contributed by atoms with Crippen molar-refractivity contribution in [3.63, 3.8) is 0 Å². The van der Waals surface area contributed by atoms with Crippen LogP contribution in [0.5, 0.6) is 0 Å². The first-order chi connectivity index (χ1) is 14.6. The molecule has 0 fully saturated rings. The molecule has 2 aromatic heterocycles. The SMILES string of the molecule is N#Cc1oc2ccccc2c1NC(=O)CSc1n[nH]c(/C=C/c2ccc(F)cc2)n1. The summed E-state index contributed by atoms with van der Waals surface area (Å²) < 4.78 is 18.4. The lowest BCUT2D eigenvalue weighted by Gasteiger charge is -2.02. The quantitative estimate of drug-likeness (QED) is 0.447. The number of nitriles is 1. The fourth-order valence-corrected chi connectivity index (χ4v) is 3.31. The normalized spacial score (nSPS) is 11.1. The predicted molar refractivity (Wildman–Crippen MR) is 112 cm³/mol. The van der Waals surface area contributed by atoms with Gasteiger partial charge in [0.15, 0.2) is 0 Å². The van der Waals surface area contributed by atoms with E-state index in [9.17, 15) is 14.4 Å². The molecular weight excluding hydrogens is 405 g/mol. The molecule has 0 radical (unpaired) electrons. The number of thioether (sulfide) groups is 1. The standard InChI is InChI=1S/C21H14FN5O2S/c22-14-8-5-13(6-9-14)7-10-18-24-21(27-26-18)30-12-19(28)25-20-15-3-1-2-4-16(15)29-17(20)11-23/h1-10H,12H2,(H,25,28)(H,24,26,27)/b10-7+. The van der Waals surface area contributed by atoms with Gasteiger partial charge in [-0.2, -0.15) is 5.26 Å². The summed E-state index contributed by atoms with van der Waals surface area (Å²) in [5.41, 5.74) is 1.71. The van der Waals surface area contributed by atoms with Crippen LogP contribution in [0.1, 0.15) is 17.1 Å². The fourth-order valence-electron chi connectivity index (χ4n) is 2.70. The van der Waals surface area contributed by atoms with Gasteiger partial charge in [0, 0.05) is 5.39 Å². The third-order valence-corrected chi connectivity index (χ3v) is 4.93. The summed E-state index contributed by atoms with van der Waals surface area (Å²) in [7, 11) is 0. The van der Waals surface area contributed by atoms with Crippen molar-refractivity contribution in [3.8, 4) is 6.07 Å². The van der Waals surface area contributed by atoms with Gasteiger partial charge in [-0.3, -0.25) is 9.89 Å². The van der Waals surface area contributed by atoms with E-state index in [0.717, 1.165) is 17.3 Å². The Hall–Kier alpha value is -3.90. The van der Waals surface area contributed by atoms with Crippen LogP contribution < -0.4 is 5.32 Å². The topological polar surface area (TPSA) is 108 Å². The van der Waals surface area contributed by atoms with E-state index in [4.69, 9.17) is 4.42 Å². The number of hydrogen-bond acceptors (Lipinski definition) is 6. The molecule has 4 aromatic rings. The van der Waals surface area contributed by atoms with Gasteiger partial charge >= 0.3 is 0 Å². The molecule has 0 aliphatic heterocycles. The zero-order valence-corrected chi connectivity index (χ0v) is 16.2. The Morgan fingerprint density at radius 2 is 2.03 bits per heavy atom. The van der Waals surface area contributed by atoms with Crippen molar-refractivity contribution in [2.75, 3.05) is 11.1 Å². The number of fused-ring (bicyclic) bond motifs is 1. The molecule has 0 saturated carbocycles. The summed E-state index contributed by atoms with van der Waals surface area (Å²) in [4.78, 5) is 16.6. The molecule has 2 N–H and O–H groups in total. The Labute approximate surface area is 174 Å². The van der Waals surface area contributed by atoms with E-state index in [1.54, 1.807) is 48.6 Å². The molecule has 0 unspecified atom stereocenters. The van der Waals surface area contributed by atoms with Gasteiger partial charge in [0.25, 0.3) is 0 Å². The predicted octanol–water partition coefficient (Wildman–Crippen LogP) is 4.46. The van der Waals surface area contributed by atoms with E-state index >= 15 is 0 Å². The summed E-state index contributed by atoms with van der Waals surface area (Å²) in [5, 5.41) is 19.9. The maximum absolute atomic E-state index is 12.9. The van der Waals surface area contributed by atoms with Crippen LogP contribution >= 0.6 is 11.8 Å². The number of carbonyl (C=O) groups excluding carboxylic acids is 1. The van der Waals surface area contributed by atoms with E-state index in [0.29, 0.717) is 27.6 Å². The number of H-pyrrole nitrogens is 1. The number of amides is 1. The number of para-hydroxylation sites is 1. The van der Waals surface area contributed by atoms with Gasteiger partial charge in [0.05, 0.1) is 5.75 Å². The molecule has 2 heterocycles. The van der Waals surface area contributed by atoms with Crippen molar-refractivity contribution in [2.24, 2.45) is 0 Å². The van der Waals surface area contributed by atoms with Crippen molar-refractivity contribution < 1.29 is 13.6 Å². The monoisotopic (exact) mass is 419 g/mol. The van der Waals surface area contributed by atoms with Gasteiger partial charge in [0.1, 0.15) is 29.0 Å². The van der Waals surface area contributed by atoms with Crippen LogP contribution in [-0.2, 0) is 4.79 Å². The van der Waals surface area contributed by atoms with Crippen molar-refractivity contribution in [2.45, 2.75) is 5.16 Å². The zero-order valence-electron chi connectivity index (χ0n) is 15.4. The lowest BCUT2D eigenvalue weighted by Crippen LogP contribution is -2.14. The van der Waals surface area contributed by atoms with Crippen LogP contribution in [0.25, 0.3) is 23.1 Å². The highest BCUT2D eigenvalue weighted by Gasteiger charge is 2.16. The molecule has 7 nitrogen and oxygen atoms in total. The van der Waals surface area contributed by atoms with Crippen molar-refractivity contribution in [1.29, 1.82) is 5.26 Å². The van der Waals surface area contributed by atoms with Crippen molar-refractivity contribution in [1.82, 2.24) is 15.2 Å². The maximum Gasteiger partial charge on any atom is 0.234 e. The minimum Gasteiger partial charge on any atom is -0.443 e. The van der Waals surface area contributed by atoms with Gasteiger partial charge in [-0.15, -0.1) is 5.10 Å². The molecule has 0 bridgehead atoms. The van der Waals surface area contributed by atoms with Crippen LogP contribution in [0.2, 0.25) is 0 Å². The zero-order chi connectivity index (χ0) is 20.9. The lowest BCUT2D eigenvalue weighted by molar-refractivity contribution is -0.113. The number of aromatic amines is 1. The third kappa shape index (κ3) is 4.39. The Balaban J connectivity index is 1.37. The number of carbonyl (C=O) groups is 1. The third-order valence-electron chi connectivity index (χ3n) is 4.08. The Morgan fingerprint density at radius 3 is 2.83 bits per heavy atom. The first-order valence-electron chi connectivity index (χ1n) is 8.83. The Kier molecular flexibility index (Phi) is 5.59. The molecule has 2 aromatic carbocycles. The summed E-state index contributed by atoms with van der Waals surface area (Å²) in [6.07, 6.45) is 3.48. The molecule has 30 heavy (non-hydrogen) atoms. The number of benzene rings is 2. The Bertz CT molecular complexity index is 1270. The second kappa shape index (κ2) is 8.63. The molecular formula is C21H14FN5O2S. The minimum absolute atomic E-state index is 0.0562. The largest absolute Gasteiger partial charge is 0.443 e. The van der Waals surface area contributed by atoms with Gasteiger partial charge in [-0.25, -0.2) is 9.37 Å². The average Bonchev–Trinajstić information content (AvgIpc) is 3.36. The maximum atomic E-state index is 12.9. The Morgan fingerprint density at radius 1 is 1.23 bits per heavy atom. The fraction of sp³-hybridized carbons (Fsp3) is 0.0476. The van der Waals surface area contributed by atoms with Gasteiger partial charge in [-0.05, 0) is 35.9 Å². The van der Waals surface area contributed by atoms with Gasteiger partial charge in [-0.1, -0.05) is 42.1 Å². The average molecular weight is 419 g/mol.